The van der Waals surface area contributed by atoms with Crippen molar-refractivity contribution < 1.29 is 0 Å². The van der Waals surface area contributed by atoms with E-state index in [1.165, 1.54) is 17.7 Å². The summed E-state index contributed by atoms with van der Waals surface area (Å²) >= 11 is 1.95. The number of halogens is 1. The van der Waals surface area contributed by atoms with E-state index in [1.54, 1.807) is 6.07 Å². The van der Waals surface area contributed by atoms with E-state index in [4.69, 9.17) is 4.99 Å². The summed E-state index contributed by atoms with van der Waals surface area (Å²) in [6.45, 7) is 7.37. The second kappa shape index (κ2) is 12.4. The van der Waals surface area contributed by atoms with Crippen LogP contribution in [0.15, 0.2) is 63.2 Å². The van der Waals surface area contributed by atoms with Crippen LogP contribution in [-0.2, 0) is 6.54 Å². The van der Waals surface area contributed by atoms with Crippen LogP contribution in [0.25, 0.3) is 0 Å². The Kier molecular flexibility index (Phi) is 10.2. The highest BCUT2D eigenvalue weighted by atomic mass is 127. The molecular weight excluding hydrogens is 507 g/mol. The number of nitrogens with zero attached hydrogens (tertiary/aromatic N) is 2. The molecular formula is C23H33IN4OS. The van der Waals surface area contributed by atoms with Crippen molar-refractivity contribution in [3.8, 4) is 0 Å². The number of aryl methyl sites for hydroxylation is 1. The number of rotatable bonds is 10. The lowest BCUT2D eigenvalue weighted by Crippen LogP contribution is -2.38. The van der Waals surface area contributed by atoms with Crippen LogP contribution >= 0.6 is 35.7 Å². The molecule has 0 spiro atoms. The monoisotopic (exact) mass is 540 g/mol. The Morgan fingerprint density at radius 1 is 1.10 bits per heavy atom. The number of aromatic nitrogens is 1. The summed E-state index contributed by atoms with van der Waals surface area (Å²) in [7, 11) is 0. The van der Waals surface area contributed by atoms with Gasteiger partial charge in [-0.05, 0) is 57.7 Å². The lowest BCUT2D eigenvalue weighted by Gasteiger charge is -2.15. The van der Waals surface area contributed by atoms with Gasteiger partial charge in [0, 0.05) is 41.0 Å². The van der Waals surface area contributed by atoms with Crippen molar-refractivity contribution in [2.75, 3.05) is 19.6 Å². The van der Waals surface area contributed by atoms with Crippen molar-refractivity contribution in [2.24, 2.45) is 4.99 Å². The summed E-state index contributed by atoms with van der Waals surface area (Å²) in [6, 6.07) is 16.0. The first-order chi connectivity index (χ1) is 14.1. The van der Waals surface area contributed by atoms with E-state index in [0.717, 1.165) is 50.7 Å². The first-order valence-corrected chi connectivity index (χ1v) is 11.4. The van der Waals surface area contributed by atoms with E-state index in [9.17, 15) is 4.79 Å². The maximum absolute atomic E-state index is 11.9. The molecule has 0 unspecified atom stereocenters. The van der Waals surface area contributed by atoms with Crippen LogP contribution in [-0.4, -0.2) is 34.9 Å². The summed E-state index contributed by atoms with van der Waals surface area (Å²) < 4.78 is 2.10. The topological polar surface area (TPSA) is 58.4 Å². The highest BCUT2D eigenvalue weighted by Gasteiger charge is 2.43. The maximum Gasteiger partial charge on any atom is 0.250 e. The standard InChI is InChI=1S/C23H32N4OS.HI/c1-3-24-22(25-16-7-8-17-27-19(2)10-9-13-21(27)28)26-18-23(14-15-23)29-20-11-5-4-6-12-20;/h4-6,9-13H,3,7-8,14-18H2,1-2H3,(H2,24,25,26);1H. The lowest BCUT2D eigenvalue weighted by molar-refractivity contribution is 0.575. The molecule has 30 heavy (non-hydrogen) atoms. The van der Waals surface area contributed by atoms with Gasteiger partial charge >= 0.3 is 0 Å². The predicted octanol–water partition coefficient (Wildman–Crippen LogP) is 4.43. The molecule has 0 amide bonds. The molecule has 1 fully saturated rings. The lowest BCUT2D eigenvalue weighted by atomic mass is 10.3. The molecule has 3 rings (SSSR count). The quantitative estimate of drug-likeness (QED) is 0.203. The zero-order valence-electron chi connectivity index (χ0n) is 17.9. The van der Waals surface area contributed by atoms with Crippen LogP contribution in [0.3, 0.4) is 0 Å². The summed E-state index contributed by atoms with van der Waals surface area (Å²) in [5, 5.41) is 6.79. The number of guanidine groups is 1. The van der Waals surface area contributed by atoms with Gasteiger partial charge in [-0.1, -0.05) is 24.3 Å². The molecule has 1 saturated carbocycles. The molecule has 7 heteroatoms. The average molecular weight is 541 g/mol. The Morgan fingerprint density at radius 3 is 2.53 bits per heavy atom. The molecule has 0 bridgehead atoms. The molecule has 5 nitrogen and oxygen atoms in total. The molecule has 2 aromatic rings. The third-order valence-corrected chi connectivity index (χ3v) is 6.60. The Balaban J connectivity index is 0.00000320. The minimum Gasteiger partial charge on any atom is -0.357 e. The van der Waals surface area contributed by atoms with Gasteiger partial charge in [0.05, 0.1) is 6.54 Å². The normalized spacial score (nSPS) is 14.7. The SMILES string of the molecule is CCNC(=NCC1(Sc2ccccc2)CC1)NCCCCn1c(C)cccc1=O.I. The Morgan fingerprint density at radius 2 is 1.87 bits per heavy atom. The summed E-state index contributed by atoms with van der Waals surface area (Å²) in [4.78, 5) is 18.1. The number of pyridine rings is 1. The molecule has 164 valence electrons. The molecule has 1 aromatic heterocycles. The van der Waals surface area contributed by atoms with Crippen molar-refractivity contribution in [1.29, 1.82) is 0 Å². The van der Waals surface area contributed by atoms with Crippen LogP contribution in [0.4, 0.5) is 0 Å². The molecule has 0 saturated heterocycles. The number of thioether (sulfide) groups is 1. The van der Waals surface area contributed by atoms with Gasteiger partial charge in [0.25, 0.3) is 5.56 Å². The fourth-order valence-electron chi connectivity index (χ4n) is 3.25. The number of unbranched alkanes of at least 4 members (excludes halogenated alkanes) is 1. The first-order valence-electron chi connectivity index (χ1n) is 10.5. The van der Waals surface area contributed by atoms with Crippen LogP contribution in [0.5, 0.6) is 0 Å². The molecule has 0 aliphatic heterocycles. The molecule has 1 aliphatic rings. The van der Waals surface area contributed by atoms with Gasteiger partial charge in [-0.2, -0.15) is 0 Å². The van der Waals surface area contributed by atoms with Crippen LogP contribution in [0.1, 0.15) is 38.3 Å². The van der Waals surface area contributed by atoms with Crippen molar-refractivity contribution >= 4 is 41.7 Å². The highest BCUT2D eigenvalue weighted by Crippen LogP contribution is 2.51. The zero-order chi connectivity index (χ0) is 20.5. The molecule has 1 aromatic carbocycles. The summed E-state index contributed by atoms with van der Waals surface area (Å²) in [5.74, 6) is 0.889. The number of hydrogen-bond acceptors (Lipinski definition) is 3. The van der Waals surface area contributed by atoms with Crippen molar-refractivity contribution in [2.45, 2.75) is 55.7 Å². The van der Waals surface area contributed by atoms with Gasteiger partial charge in [-0.25, -0.2) is 0 Å². The third kappa shape index (κ3) is 7.65. The van der Waals surface area contributed by atoms with Gasteiger partial charge < -0.3 is 15.2 Å². The Bertz CT molecular complexity index is 865. The third-order valence-electron chi connectivity index (χ3n) is 5.12. The maximum atomic E-state index is 11.9. The number of hydrogen-bond donors (Lipinski definition) is 2. The van der Waals surface area contributed by atoms with E-state index < -0.39 is 0 Å². The molecule has 2 N–H and O–H groups in total. The van der Waals surface area contributed by atoms with Gasteiger partial charge in [0.2, 0.25) is 0 Å². The van der Waals surface area contributed by atoms with Gasteiger partial charge in [-0.15, -0.1) is 35.7 Å². The van der Waals surface area contributed by atoms with Gasteiger partial charge in [0.15, 0.2) is 5.96 Å². The van der Waals surface area contributed by atoms with Crippen LogP contribution < -0.4 is 16.2 Å². The fraction of sp³-hybridized carbons (Fsp3) is 0.478. The van der Waals surface area contributed by atoms with Crippen molar-refractivity contribution in [1.82, 2.24) is 15.2 Å². The number of aliphatic imine (C=N–C) groups is 1. The summed E-state index contributed by atoms with van der Waals surface area (Å²) in [6.07, 6.45) is 4.40. The number of nitrogens with one attached hydrogen (secondary N) is 2. The van der Waals surface area contributed by atoms with E-state index in [0.29, 0.717) is 0 Å². The fourth-order valence-corrected chi connectivity index (χ4v) is 4.48. The van der Waals surface area contributed by atoms with E-state index in [-0.39, 0.29) is 34.3 Å². The smallest absolute Gasteiger partial charge is 0.250 e. The predicted molar refractivity (Wildman–Crippen MR) is 138 cm³/mol. The summed E-state index contributed by atoms with van der Waals surface area (Å²) in [5.41, 5.74) is 1.10. The molecule has 0 atom stereocenters. The second-order valence-corrected chi connectivity index (χ2v) is 9.13. The van der Waals surface area contributed by atoms with Crippen LogP contribution in [0, 0.1) is 6.92 Å². The van der Waals surface area contributed by atoms with Crippen LogP contribution in [0.2, 0.25) is 0 Å². The first kappa shape index (κ1) is 24.8. The average Bonchev–Trinajstić information content (AvgIpc) is 3.48. The largest absolute Gasteiger partial charge is 0.357 e. The molecule has 1 aliphatic carbocycles. The molecule has 1 heterocycles. The number of benzene rings is 1. The second-order valence-electron chi connectivity index (χ2n) is 7.58. The zero-order valence-corrected chi connectivity index (χ0v) is 21.0. The van der Waals surface area contributed by atoms with Crippen molar-refractivity contribution in [3.63, 3.8) is 0 Å². The Labute approximate surface area is 201 Å². The van der Waals surface area contributed by atoms with Gasteiger partial charge in [-0.3, -0.25) is 9.79 Å². The highest BCUT2D eigenvalue weighted by molar-refractivity contribution is 14.0. The van der Waals surface area contributed by atoms with E-state index in [1.807, 2.05) is 35.4 Å². The minimum atomic E-state index is 0. The van der Waals surface area contributed by atoms with E-state index in [2.05, 4.69) is 47.9 Å². The van der Waals surface area contributed by atoms with Crippen molar-refractivity contribution in [3.05, 3.63) is 64.6 Å². The van der Waals surface area contributed by atoms with E-state index >= 15 is 0 Å². The minimum absolute atomic E-state index is 0. The van der Waals surface area contributed by atoms with Gasteiger partial charge in [0.1, 0.15) is 0 Å². The molecule has 0 radical (unpaired) electrons. The Hall–Kier alpha value is -1.48.